The molecular weight excluding hydrogens is 268 g/mol. The van der Waals surface area contributed by atoms with Crippen molar-refractivity contribution in [2.24, 2.45) is 0 Å². The zero-order chi connectivity index (χ0) is 9.97. The van der Waals surface area contributed by atoms with E-state index >= 15 is 0 Å². The Morgan fingerprint density at radius 3 is 2.71 bits per heavy atom. The minimum absolute atomic E-state index is 0.554. The lowest BCUT2D eigenvalue weighted by atomic mass is 10.3. The van der Waals surface area contributed by atoms with Crippen LogP contribution in [0.4, 0.5) is 0 Å². The van der Waals surface area contributed by atoms with Gasteiger partial charge in [-0.15, -0.1) is 11.3 Å². The van der Waals surface area contributed by atoms with E-state index in [4.69, 9.17) is 9.47 Å². The van der Waals surface area contributed by atoms with Gasteiger partial charge in [-0.05, 0) is 28.1 Å². The number of halogens is 1. The van der Waals surface area contributed by atoms with Gasteiger partial charge in [0.2, 0.25) is 0 Å². The molecule has 0 radical (unpaired) electrons. The van der Waals surface area contributed by atoms with Crippen LogP contribution in [0.25, 0.3) is 6.08 Å². The lowest BCUT2D eigenvalue weighted by Gasteiger charge is -2.15. The van der Waals surface area contributed by atoms with Gasteiger partial charge in [0.1, 0.15) is 23.3 Å². The van der Waals surface area contributed by atoms with Gasteiger partial charge in [0.15, 0.2) is 11.5 Å². The highest BCUT2D eigenvalue weighted by Crippen LogP contribution is 2.47. The van der Waals surface area contributed by atoms with Crippen LogP contribution in [0.3, 0.4) is 0 Å². The average molecular weight is 275 g/mol. The number of hydrogen-bond acceptors (Lipinski definition) is 4. The van der Waals surface area contributed by atoms with Gasteiger partial charge >= 0.3 is 0 Å². The minimum atomic E-state index is 0.554. The third kappa shape index (κ3) is 1.69. The van der Waals surface area contributed by atoms with Crippen molar-refractivity contribution in [3.8, 4) is 11.5 Å². The molecule has 0 saturated carbocycles. The van der Waals surface area contributed by atoms with Crippen molar-refractivity contribution in [2.75, 3.05) is 13.2 Å². The Morgan fingerprint density at radius 2 is 2.00 bits per heavy atom. The fourth-order valence-electron chi connectivity index (χ4n) is 1.17. The largest absolute Gasteiger partial charge is 0.485 e. The summed E-state index contributed by atoms with van der Waals surface area (Å²) in [7, 11) is 0. The Kier molecular flexibility index (Phi) is 2.88. The molecule has 0 bridgehead atoms. The van der Waals surface area contributed by atoms with E-state index in [2.05, 4.69) is 15.9 Å². The van der Waals surface area contributed by atoms with E-state index in [1.165, 1.54) is 17.4 Å². The van der Waals surface area contributed by atoms with Crippen molar-refractivity contribution in [1.82, 2.24) is 0 Å². The second kappa shape index (κ2) is 4.14. The van der Waals surface area contributed by atoms with E-state index in [9.17, 15) is 4.79 Å². The van der Waals surface area contributed by atoms with E-state index in [0.717, 1.165) is 26.4 Å². The SMILES string of the molecule is O=C/C=C/c1sc(Br)c2c1OCCO2. The Balaban J connectivity index is 2.41. The predicted octanol–water partition coefficient (Wildman–Crippen LogP) is 2.49. The number of carbonyl (C=O) groups excluding carboxylic acids is 1. The molecule has 1 aliphatic heterocycles. The van der Waals surface area contributed by atoms with Crippen LogP contribution in [0.2, 0.25) is 0 Å². The molecule has 2 heterocycles. The minimum Gasteiger partial charge on any atom is -0.485 e. The molecule has 0 aromatic carbocycles. The van der Waals surface area contributed by atoms with Gasteiger partial charge in [-0.2, -0.15) is 0 Å². The highest BCUT2D eigenvalue weighted by Gasteiger charge is 2.21. The fraction of sp³-hybridized carbons (Fsp3) is 0.222. The molecule has 74 valence electrons. The van der Waals surface area contributed by atoms with Crippen LogP contribution in [-0.2, 0) is 4.79 Å². The molecular formula is C9H7BrO3S. The molecule has 0 saturated heterocycles. The summed E-state index contributed by atoms with van der Waals surface area (Å²) in [5.74, 6) is 1.47. The van der Waals surface area contributed by atoms with Gasteiger partial charge in [-0.1, -0.05) is 0 Å². The second-order valence-corrected chi connectivity index (χ2v) is 4.96. The monoisotopic (exact) mass is 274 g/mol. The van der Waals surface area contributed by atoms with Gasteiger partial charge in [0.25, 0.3) is 0 Å². The third-order valence-corrected chi connectivity index (χ3v) is 3.46. The predicted molar refractivity (Wildman–Crippen MR) is 58.1 cm³/mol. The number of ether oxygens (including phenoxy) is 2. The molecule has 14 heavy (non-hydrogen) atoms. The van der Waals surface area contributed by atoms with Gasteiger partial charge in [0.05, 0.1) is 4.88 Å². The summed E-state index contributed by atoms with van der Waals surface area (Å²) in [6.45, 7) is 1.12. The summed E-state index contributed by atoms with van der Waals surface area (Å²) in [4.78, 5) is 11.1. The average Bonchev–Trinajstić information content (AvgIpc) is 2.54. The molecule has 0 atom stereocenters. The standard InChI is InChI=1S/C9H7BrO3S/c10-9-8-7(12-4-5-13-8)6(14-9)2-1-3-11/h1-3H,4-5H2/b2-1+. The highest BCUT2D eigenvalue weighted by atomic mass is 79.9. The van der Waals surface area contributed by atoms with Crippen molar-refractivity contribution < 1.29 is 14.3 Å². The number of rotatable bonds is 2. The molecule has 3 nitrogen and oxygen atoms in total. The maximum atomic E-state index is 10.2. The van der Waals surface area contributed by atoms with Crippen LogP contribution in [0.5, 0.6) is 11.5 Å². The van der Waals surface area contributed by atoms with E-state index in [1.54, 1.807) is 6.08 Å². The van der Waals surface area contributed by atoms with E-state index in [0.29, 0.717) is 13.2 Å². The quantitative estimate of drug-likeness (QED) is 0.614. The first-order chi connectivity index (χ1) is 6.83. The summed E-state index contributed by atoms with van der Waals surface area (Å²) in [5, 5.41) is 0. The molecule has 1 aromatic heterocycles. The summed E-state index contributed by atoms with van der Waals surface area (Å²) >= 11 is 4.88. The number of fused-ring (bicyclic) bond motifs is 1. The van der Waals surface area contributed by atoms with Crippen LogP contribution in [0.1, 0.15) is 4.88 Å². The molecule has 1 aromatic rings. The molecule has 0 amide bonds. The first kappa shape index (κ1) is 9.73. The fourth-order valence-corrected chi connectivity index (χ4v) is 2.82. The first-order valence-electron chi connectivity index (χ1n) is 4.02. The number of aldehydes is 1. The topological polar surface area (TPSA) is 35.5 Å². The van der Waals surface area contributed by atoms with Crippen LogP contribution >= 0.6 is 27.3 Å². The van der Waals surface area contributed by atoms with Crippen LogP contribution in [0.15, 0.2) is 9.86 Å². The summed E-state index contributed by atoms with van der Waals surface area (Å²) < 4.78 is 11.8. The van der Waals surface area contributed by atoms with Gasteiger partial charge in [-0.3, -0.25) is 4.79 Å². The maximum absolute atomic E-state index is 10.2. The molecule has 0 aliphatic carbocycles. The van der Waals surface area contributed by atoms with Crippen molar-refractivity contribution in [2.45, 2.75) is 0 Å². The zero-order valence-corrected chi connectivity index (χ0v) is 9.56. The Morgan fingerprint density at radius 1 is 1.29 bits per heavy atom. The summed E-state index contributed by atoms with van der Waals surface area (Å²) in [6.07, 6.45) is 3.90. The van der Waals surface area contributed by atoms with Crippen LogP contribution in [-0.4, -0.2) is 19.5 Å². The summed E-state index contributed by atoms with van der Waals surface area (Å²) in [6, 6.07) is 0. The zero-order valence-electron chi connectivity index (χ0n) is 7.16. The number of hydrogen-bond donors (Lipinski definition) is 0. The van der Waals surface area contributed by atoms with E-state index in [-0.39, 0.29) is 0 Å². The highest BCUT2D eigenvalue weighted by molar-refractivity contribution is 9.11. The van der Waals surface area contributed by atoms with Crippen LogP contribution < -0.4 is 9.47 Å². The molecule has 0 unspecified atom stereocenters. The molecule has 0 N–H and O–H groups in total. The van der Waals surface area contributed by atoms with E-state index < -0.39 is 0 Å². The van der Waals surface area contributed by atoms with Crippen molar-refractivity contribution in [3.05, 3.63) is 14.7 Å². The third-order valence-electron chi connectivity index (χ3n) is 1.71. The number of thiophene rings is 1. The second-order valence-electron chi connectivity index (χ2n) is 2.59. The number of allylic oxidation sites excluding steroid dienone is 1. The maximum Gasteiger partial charge on any atom is 0.187 e. The summed E-state index contributed by atoms with van der Waals surface area (Å²) in [5.41, 5.74) is 0. The van der Waals surface area contributed by atoms with Crippen molar-refractivity contribution in [1.29, 1.82) is 0 Å². The van der Waals surface area contributed by atoms with Gasteiger partial charge < -0.3 is 9.47 Å². The molecule has 1 aliphatic rings. The molecule has 5 heteroatoms. The van der Waals surface area contributed by atoms with Crippen molar-refractivity contribution >= 4 is 39.6 Å². The molecule has 0 spiro atoms. The molecule has 2 rings (SSSR count). The normalized spacial score (nSPS) is 14.6. The smallest absolute Gasteiger partial charge is 0.187 e. The van der Waals surface area contributed by atoms with Crippen molar-refractivity contribution in [3.63, 3.8) is 0 Å². The Bertz CT molecular complexity index is 384. The van der Waals surface area contributed by atoms with E-state index in [1.807, 2.05) is 0 Å². The molecule has 0 fully saturated rings. The van der Waals surface area contributed by atoms with Gasteiger partial charge in [0, 0.05) is 0 Å². The Labute approximate surface area is 93.5 Å². The number of carbonyl (C=O) groups is 1. The van der Waals surface area contributed by atoms with Crippen LogP contribution in [0, 0.1) is 0 Å². The Hall–Kier alpha value is -0.810. The lowest BCUT2D eigenvalue weighted by molar-refractivity contribution is -0.104. The first-order valence-corrected chi connectivity index (χ1v) is 5.63. The van der Waals surface area contributed by atoms with Gasteiger partial charge in [-0.25, -0.2) is 0 Å². The lowest BCUT2D eigenvalue weighted by Crippen LogP contribution is -2.14.